The van der Waals surface area contributed by atoms with Crippen LogP contribution in [-0.2, 0) is 9.53 Å². The predicted molar refractivity (Wildman–Crippen MR) is 103 cm³/mol. The average Bonchev–Trinajstić information content (AvgIpc) is 2.99. The molecule has 0 radical (unpaired) electrons. The first-order valence-corrected chi connectivity index (χ1v) is 10.1. The number of ether oxygens (including phenoxy) is 1. The molecule has 28 heavy (non-hydrogen) atoms. The second-order valence-electron chi connectivity index (χ2n) is 8.38. The Hall–Kier alpha value is -1.99. The fourth-order valence-electron chi connectivity index (χ4n) is 4.32. The first-order chi connectivity index (χ1) is 13.3. The van der Waals surface area contributed by atoms with Crippen LogP contribution < -0.4 is 10.2 Å². The molecule has 2 aliphatic rings. The normalized spacial score (nSPS) is 27.4. The second kappa shape index (κ2) is 8.57. The summed E-state index contributed by atoms with van der Waals surface area (Å²) in [7, 11) is 4.02. The minimum atomic E-state index is -0.828. The molecular formula is C21H31FN3O3+. The highest BCUT2D eigenvalue weighted by Gasteiger charge is 2.54. The number of carbonyl (C=O) groups is 2. The van der Waals surface area contributed by atoms with E-state index in [-0.39, 0.29) is 18.1 Å². The Morgan fingerprint density at radius 3 is 2.79 bits per heavy atom. The minimum Gasteiger partial charge on any atom is -0.353 e. The van der Waals surface area contributed by atoms with E-state index in [1.807, 2.05) is 14.1 Å². The van der Waals surface area contributed by atoms with Gasteiger partial charge >= 0.3 is 0 Å². The highest BCUT2D eigenvalue weighted by Crippen LogP contribution is 2.43. The lowest BCUT2D eigenvalue weighted by Crippen LogP contribution is -3.06. The molecule has 154 valence electrons. The van der Waals surface area contributed by atoms with Crippen LogP contribution >= 0.6 is 0 Å². The summed E-state index contributed by atoms with van der Waals surface area (Å²) < 4.78 is 20.5. The number of nitrogens with zero attached hydrogens (tertiary/aromatic N) is 1. The first-order valence-electron chi connectivity index (χ1n) is 10.1. The molecule has 1 aliphatic carbocycles. The van der Waals surface area contributed by atoms with Gasteiger partial charge in [-0.3, -0.25) is 14.5 Å². The number of hydrogen-bond acceptors (Lipinski definition) is 3. The second-order valence-corrected chi connectivity index (χ2v) is 8.38. The molecule has 0 aromatic heterocycles. The molecule has 1 aromatic rings. The van der Waals surface area contributed by atoms with E-state index in [2.05, 4.69) is 12.2 Å². The van der Waals surface area contributed by atoms with Crippen LogP contribution in [0, 0.1) is 11.7 Å². The Kier molecular flexibility index (Phi) is 6.35. The topological polar surface area (TPSA) is 63.1 Å². The van der Waals surface area contributed by atoms with Gasteiger partial charge in [0.2, 0.25) is 5.91 Å². The van der Waals surface area contributed by atoms with E-state index in [9.17, 15) is 14.0 Å². The zero-order chi connectivity index (χ0) is 20.3. The lowest BCUT2D eigenvalue weighted by Gasteiger charge is -2.43. The Morgan fingerprint density at radius 1 is 1.36 bits per heavy atom. The summed E-state index contributed by atoms with van der Waals surface area (Å²) in [6.45, 7) is 3.57. The maximum absolute atomic E-state index is 14.4. The van der Waals surface area contributed by atoms with Gasteiger partial charge in [0, 0.05) is 0 Å². The number of benzene rings is 1. The molecule has 6 nitrogen and oxygen atoms in total. The van der Waals surface area contributed by atoms with E-state index in [4.69, 9.17) is 4.74 Å². The monoisotopic (exact) mass is 392 g/mol. The molecular weight excluding hydrogens is 361 g/mol. The summed E-state index contributed by atoms with van der Waals surface area (Å²) in [5, 5.41) is 2.91. The summed E-state index contributed by atoms with van der Waals surface area (Å²) in [5.41, 5.74) is -0.840. The smallest absolute Gasteiger partial charge is 0.259 e. The summed E-state index contributed by atoms with van der Waals surface area (Å²) in [6, 6.07) is 5.20. The van der Waals surface area contributed by atoms with Gasteiger partial charge in [-0.1, -0.05) is 25.5 Å². The zero-order valence-electron chi connectivity index (χ0n) is 17.0. The van der Waals surface area contributed by atoms with E-state index in [1.54, 1.807) is 12.1 Å². The van der Waals surface area contributed by atoms with Crippen LogP contribution in [0.2, 0.25) is 0 Å². The molecule has 2 N–H and O–H groups in total. The predicted octanol–water partition coefficient (Wildman–Crippen LogP) is 0.834. The third kappa shape index (κ3) is 4.20. The van der Waals surface area contributed by atoms with Crippen LogP contribution in [-0.4, -0.2) is 62.3 Å². The molecule has 1 spiro atoms. The first kappa shape index (κ1) is 20.7. The number of rotatable bonds is 5. The van der Waals surface area contributed by atoms with E-state index < -0.39 is 23.5 Å². The maximum atomic E-state index is 14.4. The van der Waals surface area contributed by atoms with Crippen LogP contribution in [0.3, 0.4) is 0 Å². The average molecular weight is 392 g/mol. The van der Waals surface area contributed by atoms with Crippen LogP contribution in [0.5, 0.6) is 0 Å². The van der Waals surface area contributed by atoms with Gasteiger partial charge in [0.15, 0.2) is 0 Å². The minimum absolute atomic E-state index is 0.0128. The molecule has 0 bridgehead atoms. The molecule has 0 unspecified atom stereocenters. The molecule has 1 saturated carbocycles. The van der Waals surface area contributed by atoms with Gasteiger partial charge in [0.25, 0.3) is 5.91 Å². The summed E-state index contributed by atoms with van der Waals surface area (Å²) in [5.74, 6) is -0.901. The largest absolute Gasteiger partial charge is 0.353 e. The number of quaternary nitrogens is 1. The van der Waals surface area contributed by atoms with Crippen molar-refractivity contribution in [1.82, 2.24) is 10.2 Å². The number of hydrogen-bond donors (Lipinski definition) is 2. The lowest BCUT2D eigenvalue weighted by atomic mass is 9.83. The Bertz CT molecular complexity index is 727. The van der Waals surface area contributed by atoms with Gasteiger partial charge in [-0.05, 0) is 37.3 Å². The summed E-state index contributed by atoms with van der Waals surface area (Å²) in [6.07, 6.45) is 3.32. The SMILES string of the molecule is C[C@H]1CCC[C@]2(C1)OC[C@@H](C(=O)NCC[NH+](C)C)N2C(=O)c1ccccc1F. The number of likely N-dealkylation sites (N-methyl/N-ethyl adjacent to an activating group) is 1. The van der Waals surface area contributed by atoms with Gasteiger partial charge in [-0.25, -0.2) is 4.39 Å². The number of nitrogens with one attached hydrogen (secondary N) is 2. The number of amides is 2. The molecule has 1 aromatic carbocycles. The molecule has 1 saturated heterocycles. The van der Waals surface area contributed by atoms with Gasteiger partial charge in [-0.2, -0.15) is 0 Å². The van der Waals surface area contributed by atoms with E-state index >= 15 is 0 Å². The molecule has 2 amide bonds. The summed E-state index contributed by atoms with van der Waals surface area (Å²) >= 11 is 0. The van der Waals surface area contributed by atoms with Crippen LogP contribution in [0.1, 0.15) is 43.0 Å². The van der Waals surface area contributed by atoms with Gasteiger partial charge in [0.05, 0.1) is 39.4 Å². The third-order valence-electron chi connectivity index (χ3n) is 5.74. The molecule has 3 atom stereocenters. The number of halogens is 1. The van der Waals surface area contributed by atoms with E-state index in [0.29, 0.717) is 25.3 Å². The van der Waals surface area contributed by atoms with E-state index in [0.717, 1.165) is 19.4 Å². The molecule has 7 heteroatoms. The van der Waals surface area contributed by atoms with Gasteiger partial charge in [-0.15, -0.1) is 0 Å². The molecule has 1 heterocycles. The molecule has 3 rings (SSSR count). The van der Waals surface area contributed by atoms with Crippen molar-refractivity contribution in [1.29, 1.82) is 0 Å². The van der Waals surface area contributed by atoms with Crippen molar-refractivity contribution < 1.29 is 23.6 Å². The van der Waals surface area contributed by atoms with Crippen molar-refractivity contribution in [3.8, 4) is 0 Å². The Balaban J connectivity index is 1.88. The Labute approximate surface area is 166 Å². The quantitative estimate of drug-likeness (QED) is 0.781. The molecule has 2 fully saturated rings. The highest BCUT2D eigenvalue weighted by atomic mass is 19.1. The zero-order valence-corrected chi connectivity index (χ0v) is 17.0. The van der Waals surface area contributed by atoms with Gasteiger partial charge in [0.1, 0.15) is 17.6 Å². The van der Waals surface area contributed by atoms with Crippen molar-refractivity contribution in [2.75, 3.05) is 33.8 Å². The summed E-state index contributed by atoms with van der Waals surface area (Å²) in [4.78, 5) is 29.0. The van der Waals surface area contributed by atoms with E-state index in [1.165, 1.54) is 21.9 Å². The van der Waals surface area contributed by atoms with Crippen molar-refractivity contribution in [2.24, 2.45) is 5.92 Å². The lowest BCUT2D eigenvalue weighted by molar-refractivity contribution is -0.856. The van der Waals surface area contributed by atoms with Gasteiger partial charge < -0.3 is 15.0 Å². The highest BCUT2D eigenvalue weighted by molar-refractivity contribution is 5.98. The maximum Gasteiger partial charge on any atom is 0.259 e. The number of carbonyl (C=O) groups excluding carboxylic acids is 2. The fourth-order valence-corrected chi connectivity index (χ4v) is 4.32. The van der Waals surface area contributed by atoms with Crippen molar-refractivity contribution in [3.63, 3.8) is 0 Å². The standard InChI is InChI=1S/C21H30FN3O3/c1-15-7-6-10-21(13-15)25(20(27)16-8-4-5-9-17(16)22)18(14-28-21)19(26)23-11-12-24(2)3/h4-5,8-9,15,18H,6-7,10-14H2,1-3H3,(H,23,26)/p+1/t15-,18-,21+/m0/s1. The third-order valence-corrected chi connectivity index (χ3v) is 5.74. The molecule has 1 aliphatic heterocycles. The van der Waals surface area contributed by atoms with Crippen LogP contribution in [0.4, 0.5) is 4.39 Å². The van der Waals surface area contributed by atoms with Crippen molar-refractivity contribution in [2.45, 2.75) is 44.4 Å². The van der Waals surface area contributed by atoms with Crippen molar-refractivity contribution in [3.05, 3.63) is 35.6 Å². The fraction of sp³-hybridized carbons (Fsp3) is 0.619. The van der Waals surface area contributed by atoms with Crippen LogP contribution in [0.15, 0.2) is 24.3 Å². The van der Waals surface area contributed by atoms with Crippen molar-refractivity contribution >= 4 is 11.8 Å². The van der Waals surface area contributed by atoms with Crippen LogP contribution in [0.25, 0.3) is 0 Å². The Morgan fingerprint density at radius 2 is 2.11 bits per heavy atom.